The third-order valence-electron chi connectivity index (χ3n) is 7.39. The van der Waals surface area contributed by atoms with Crippen LogP contribution in [0.5, 0.6) is 0 Å². The fraction of sp³-hybridized carbons (Fsp3) is 0.636. The van der Waals surface area contributed by atoms with Gasteiger partial charge in [-0.2, -0.15) is 0 Å². The summed E-state index contributed by atoms with van der Waals surface area (Å²) in [7, 11) is 0. The van der Waals surface area contributed by atoms with Crippen molar-refractivity contribution in [1.82, 2.24) is 16.0 Å². The van der Waals surface area contributed by atoms with E-state index in [1.165, 1.54) is 94.2 Å². The standard InChI is InChI=1S/C12H16ClN.C12H17N.C7H15N.C2H6/c1-9-2-3-11(8-12(9)13)10-4-6-14-7-5-10;1-2-4-11(5-3-1)10-12-6-8-13-9-7-12;1-2-5-8-6-7-3-4-7;1-2/h2-3,8,10,14H,4-7H2,1H3;1-5,12-13H,6-10H2;7-8H,2-6H2,1H3;1-2H3. The fourth-order valence-corrected chi connectivity index (χ4v) is 5.05. The molecule has 1 aliphatic carbocycles. The second-order valence-electron chi connectivity index (χ2n) is 10.6. The van der Waals surface area contributed by atoms with E-state index in [0.29, 0.717) is 5.92 Å². The van der Waals surface area contributed by atoms with Crippen molar-refractivity contribution in [3.05, 3.63) is 70.2 Å². The Balaban J connectivity index is 0.000000195. The zero-order chi connectivity index (χ0) is 26.7. The highest BCUT2D eigenvalue weighted by atomic mass is 35.5. The Bertz CT molecular complexity index is 810. The monoisotopic (exact) mass is 527 g/mol. The second-order valence-corrected chi connectivity index (χ2v) is 11.0. The summed E-state index contributed by atoms with van der Waals surface area (Å²) in [5.41, 5.74) is 4.07. The van der Waals surface area contributed by atoms with Crippen LogP contribution in [0.25, 0.3) is 0 Å². The molecular formula is C33H54ClN3. The van der Waals surface area contributed by atoms with Crippen LogP contribution in [0.3, 0.4) is 0 Å². The number of hydrogen-bond acceptors (Lipinski definition) is 3. The topological polar surface area (TPSA) is 36.1 Å². The van der Waals surface area contributed by atoms with E-state index in [1.807, 2.05) is 13.8 Å². The predicted octanol–water partition coefficient (Wildman–Crippen LogP) is 7.77. The highest BCUT2D eigenvalue weighted by Crippen LogP contribution is 2.28. The first kappa shape index (κ1) is 31.8. The van der Waals surface area contributed by atoms with Gasteiger partial charge in [0.15, 0.2) is 0 Å². The molecule has 0 unspecified atom stereocenters. The van der Waals surface area contributed by atoms with Crippen LogP contribution in [-0.2, 0) is 6.42 Å². The van der Waals surface area contributed by atoms with Crippen molar-refractivity contribution in [3.63, 3.8) is 0 Å². The van der Waals surface area contributed by atoms with Gasteiger partial charge in [-0.15, -0.1) is 0 Å². The highest BCUT2D eigenvalue weighted by Gasteiger charge is 2.19. The molecule has 3 fully saturated rings. The molecule has 0 radical (unpaired) electrons. The van der Waals surface area contributed by atoms with Crippen molar-refractivity contribution in [2.75, 3.05) is 39.3 Å². The van der Waals surface area contributed by atoms with Gasteiger partial charge in [0.1, 0.15) is 0 Å². The maximum absolute atomic E-state index is 6.12. The van der Waals surface area contributed by atoms with Gasteiger partial charge in [0.2, 0.25) is 0 Å². The van der Waals surface area contributed by atoms with Crippen LogP contribution in [0.15, 0.2) is 48.5 Å². The third-order valence-corrected chi connectivity index (χ3v) is 7.80. The van der Waals surface area contributed by atoms with Gasteiger partial charge in [-0.1, -0.05) is 74.8 Å². The first-order chi connectivity index (χ1) is 18.2. The van der Waals surface area contributed by atoms with Crippen molar-refractivity contribution in [2.24, 2.45) is 11.8 Å². The van der Waals surface area contributed by atoms with Gasteiger partial charge in [0.25, 0.3) is 0 Å². The number of aryl methyl sites for hydroxylation is 1. The number of hydrogen-bond donors (Lipinski definition) is 3. The zero-order valence-corrected chi connectivity index (χ0v) is 24.9. The minimum Gasteiger partial charge on any atom is -0.317 e. The summed E-state index contributed by atoms with van der Waals surface area (Å²) in [6.07, 6.45) is 10.6. The maximum Gasteiger partial charge on any atom is 0.0438 e. The molecule has 3 N–H and O–H groups in total. The van der Waals surface area contributed by atoms with Gasteiger partial charge < -0.3 is 16.0 Å². The molecule has 0 atom stereocenters. The van der Waals surface area contributed by atoms with Gasteiger partial charge in [-0.05, 0) is 138 Å². The summed E-state index contributed by atoms with van der Waals surface area (Å²) in [5.74, 6) is 2.65. The Kier molecular flexibility index (Phi) is 16.9. The molecule has 0 bridgehead atoms. The molecule has 3 nitrogen and oxygen atoms in total. The largest absolute Gasteiger partial charge is 0.317 e. The van der Waals surface area contributed by atoms with E-state index < -0.39 is 0 Å². The molecule has 2 aliphatic heterocycles. The van der Waals surface area contributed by atoms with Gasteiger partial charge in [0, 0.05) is 5.02 Å². The Morgan fingerprint density at radius 2 is 1.43 bits per heavy atom. The van der Waals surface area contributed by atoms with Crippen LogP contribution >= 0.6 is 11.6 Å². The molecular weight excluding hydrogens is 474 g/mol. The van der Waals surface area contributed by atoms with Crippen molar-refractivity contribution < 1.29 is 0 Å². The molecule has 5 rings (SSSR count). The second kappa shape index (κ2) is 19.6. The van der Waals surface area contributed by atoms with E-state index in [0.717, 1.165) is 29.9 Å². The van der Waals surface area contributed by atoms with Crippen LogP contribution in [0.1, 0.15) is 88.3 Å². The van der Waals surface area contributed by atoms with Crippen LogP contribution in [0.2, 0.25) is 5.02 Å². The van der Waals surface area contributed by atoms with E-state index in [-0.39, 0.29) is 0 Å². The van der Waals surface area contributed by atoms with Crippen LogP contribution < -0.4 is 16.0 Å². The number of nitrogens with one attached hydrogen (secondary N) is 3. The Morgan fingerprint density at radius 3 is 2.00 bits per heavy atom. The lowest BCUT2D eigenvalue weighted by atomic mass is 9.90. The Morgan fingerprint density at radius 1 is 0.811 bits per heavy atom. The molecule has 4 heteroatoms. The lowest BCUT2D eigenvalue weighted by molar-refractivity contribution is 0.372. The minimum atomic E-state index is 0.703. The first-order valence-electron chi connectivity index (χ1n) is 15.1. The predicted molar refractivity (Wildman–Crippen MR) is 164 cm³/mol. The lowest BCUT2D eigenvalue weighted by Crippen LogP contribution is -2.28. The SMILES string of the molecule is CC.CCCNCC1CC1.Cc1ccc(C2CCNCC2)cc1Cl.c1ccc(CC2CCNCC2)cc1. The summed E-state index contributed by atoms with van der Waals surface area (Å²) < 4.78 is 0. The highest BCUT2D eigenvalue weighted by molar-refractivity contribution is 6.31. The fourth-order valence-electron chi connectivity index (χ4n) is 4.86. The summed E-state index contributed by atoms with van der Waals surface area (Å²) in [5, 5.41) is 11.1. The zero-order valence-electron chi connectivity index (χ0n) is 24.1. The molecule has 0 amide bonds. The molecule has 2 aromatic carbocycles. The number of rotatable bonds is 7. The molecule has 2 aromatic rings. The Hall–Kier alpha value is -1.39. The van der Waals surface area contributed by atoms with Crippen molar-refractivity contribution in [1.29, 1.82) is 0 Å². The Labute approximate surface area is 233 Å². The molecule has 37 heavy (non-hydrogen) atoms. The summed E-state index contributed by atoms with van der Waals surface area (Å²) >= 11 is 6.12. The minimum absolute atomic E-state index is 0.703. The van der Waals surface area contributed by atoms with Gasteiger partial charge in [0.05, 0.1) is 0 Å². The molecule has 2 saturated heterocycles. The average Bonchev–Trinajstić information content (AvgIpc) is 3.79. The average molecular weight is 528 g/mol. The molecule has 0 aromatic heterocycles. The molecule has 208 valence electrons. The van der Waals surface area contributed by atoms with Crippen LogP contribution in [0, 0.1) is 18.8 Å². The molecule has 2 heterocycles. The van der Waals surface area contributed by atoms with Crippen LogP contribution in [-0.4, -0.2) is 39.3 Å². The molecule has 1 saturated carbocycles. The van der Waals surface area contributed by atoms with Gasteiger partial charge in [-0.3, -0.25) is 0 Å². The molecule has 0 spiro atoms. The summed E-state index contributed by atoms with van der Waals surface area (Å²) in [4.78, 5) is 0. The third kappa shape index (κ3) is 13.8. The van der Waals surface area contributed by atoms with E-state index in [2.05, 4.69) is 78.3 Å². The molecule has 3 aliphatic rings. The van der Waals surface area contributed by atoms with Gasteiger partial charge in [-0.25, -0.2) is 0 Å². The summed E-state index contributed by atoms with van der Waals surface area (Å²) in [6.45, 7) is 15.4. The smallest absolute Gasteiger partial charge is 0.0438 e. The quantitative estimate of drug-likeness (QED) is 0.322. The van der Waals surface area contributed by atoms with E-state index in [1.54, 1.807) is 0 Å². The van der Waals surface area contributed by atoms with E-state index in [9.17, 15) is 0 Å². The van der Waals surface area contributed by atoms with Crippen molar-refractivity contribution in [3.8, 4) is 0 Å². The van der Waals surface area contributed by atoms with E-state index >= 15 is 0 Å². The van der Waals surface area contributed by atoms with Crippen molar-refractivity contribution >= 4 is 11.6 Å². The number of halogens is 1. The van der Waals surface area contributed by atoms with Crippen LogP contribution in [0.4, 0.5) is 0 Å². The summed E-state index contributed by atoms with van der Waals surface area (Å²) in [6, 6.07) is 17.3. The van der Waals surface area contributed by atoms with Gasteiger partial charge >= 0.3 is 0 Å². The normalized spacial score (nSPS) is 17.9. The van der Waals surface area contributed by atoms with E-state index in [4.69, 9.17) is 11.6 Å². The maximum atomic E-state index is 6.12. The van der Waals surface area contributed by atoms with Crippen molar-refractivity contribution in [2.45, 2.75) is 85.0 Å². The lowest BCUT2D eigenvalue weighted by Gasteiger charge is -2.23. The number of piperidine rings is 2. The number of benzene rings is 2. The first-order valence-corrected chi connectivity index (χ1v) is 15.5.